The predicted molar refractivity (Wildman–Crippen MR) is 100 cm³/mol. The molecule has 0 amide bonds. The second-order valence-electron chi connectivity index (χ2n) is 6.56. The molecule has 3 N–H and O–H groups in total. The van der Waals surface area contributed by atoms with E-state index in [9.17, 15) is 29.3 Å². The van der Waals surface area contributed by atoms with Crippen LogP contribution in [0.25, 0.3) is 11.0 Å². The van der Waals surface area contributed by atoms with Gasteiger partial charge in [-0.15, -0.1) is 0 Å². The Hall–Kier alpha value is -3.26. The molecule has 0 saturated heterocycles. The summed E-state index contributed by atoms with van der Waals surface area (Å²) in [5.74, 6) is -2.70. The number of pyridine rings is 2. The van der Waals surface area contributed by atoms with Gasteiger partial charge in [0.25, 0.3) is 5.56 Å². The Morgan fingerprint density at radius 1 is 1.25 bits per heavy atom. The summed E-state index contributed by atoms with van der Waals surface area (Å²) in [4.78, 5) is 28.4. The van der Waals surface area contributed by atoms with Gasteiger partial charge < -0.3 is 15.3 Å². The number of carboxylic acid groups (broad SMARTS) is 1. The molecule has 0 saturated carbocycles. The van der Waals surface area contributed by atoms with Crippen molar-refractivity contribution in [2.75, 3.05) is 0 Å². The van der Waals surface area contributed by atoms with Gasteiger partial charge in [-0.2, -0.15) is 0 Å². The molecule has 3 rings (SSSR count). The van der Waals surface area contributed by atoms with Gasteiger partial charge in [-0.05, 0) is 37.1 Å². The van der Waals surface area contributed by atoms with Gasteiger partial charge in [-0.3, -0.25) is 9.36 Å². The van der Waals surface area contributed by atoms with Crippen molar-refractivity contribution in [2.45, 2.75) is 32.4 Å². The largest absolute Gasteiger partial charge is 0.506 e. The van der Waals surface area contributed by atoms with Crippen molar-refractivity contribution in [3.05, 3.63) is 69.4 Å². The fourth-order valence-electron chi connectivity index (χ4n) is 3.06. The molecule has 2 atom stereocenters. The smallest absolute Gasteiger partial charge is 0.345 e. The van der Waals surface area contributed by atoms with Gasteiger partial charge in [-0.25, -0.2) is 14.2 Å². The highest BCUT2D eigenvalue weighted by molar-refractivity contribution is 5.97. The average molecular weight is 386 g/mol. The van der Waals surface area contributed by atoms with Crippen LogP contribution in [0.15, 0.2) is 41.3 Å². The van der Waals surface area contributed by atoms with Crippen LogP contribution >= 0.6 is 0 Å². The third kappa shape index (κ3) is 3.22. The number of fused-ring (bicyclic) bond motifs is 1. The number of aromatic hydroxyl groups is 1. The summed E-state index contributed by atoms with van der Waals surface area (Å²) in [6, 6.07) is 6.26. The summed E-state index contributed by atoms with van der Waals surface area (Å²) >= 11 is 0. The fourth-order valence-corrected chi connectivity index (χ4v) is 3.06. The quantitative estimate of drug-likeness (QED) is 0.621. The highest BCUT2D eigenvalue weighted by Crippen LogP contribution is 2.31. The summed E-state index contributed by atoms with van der Waals surface area (Å²) in [6.07, 6.45) is 0.712. The van der Waals surface area contributed by atoms with Crippen molar-refractivity contribution in [3.8, 4) is 5.75 Å². The molecular formula is C20H19FN2O5. The monoisotopic (exact) mass is 386 g/mol. The summed E-state index contributed by atoms with van der Waals surface area (Å²) in [7, 11) is 0. The maximum atomic E-state index is 13.1. The third-order valence-corrected chi connectivity index (χ3v) is 4.79. The number of aromatic nitrogens is 2. The van der Waals surface area contributed by atoms with Crippen LogP contribution in [-0.4, -0.2) is 30.8 Å². The first-order valence-corrected chi connectivity index (χ1v) is 8.70. The fraction of sp³-hybridized carbons (Fsp3) is 0.250. The standard InChI is InChI=1S/C20H19FN2O5/c1-3-10(2)23-18-14(17(25)15(19(23)26)20(27)28)8-12(9-22-18)16(24)11-4-6-13(21)7-5-11/h4-10,16,24-25H,3H2,1-2H3,(H,27,28). The van der Waals surface area contributed by atoms with Crippen LogP contribution in [0.2, 0.25) is 0 Å². The van der Waals surface area contributed by atoms with Crippen molar-refractivity contribution in [3.63, 3.8) is 0 Å². The zero-order chi connectivity index (χ0) is 20.6. The number of benzene rings is 1. The SMILES string of the molecule is CCC(C)n1c(=O)c(C(=O)O)c(O)c2cc(C(O)c3ccc(F)cc3)cnc21. The number of carboxylic acids is 1. The number of hydrogen-bond acceptors (Lipinski definition) is 5. The molecule has 7 nitrogen and oxygen atoms in total. The third-order valence-electron chi connectivity index (χ3n) is 4.79. The van der Waals surface area contributed by atoms with Gasteiger partial charge in [0, 0.05) is 17.8 Å². The van der Waals surface area contributed by atoms with Crippen molar-refractivity contribution in [2.24, 2.45) is 0 Å². The molecule has 28 heavy (non-hydrogen) atoms. The maximum absolute atomic E-state index is 13.1. The lowest BCUT2D eigenvalue weighted by Gasteiger charge is -2.19. The lowest BCUT2D eigenvalue weighted by molar-refractivity contribution is 0.0691. The van der Waals surface area contributed by atoms with E-state index in [1.165, 1.54) is 41.1 Å². The van der Waals surface area contributed by atoms with Gasteiger partial charge in [0.05, 0.1) is 5.39 Å². The number of aliphatic hydroxyl groups is 1. The molecule has 3 aromatic rings. The molecule has 0 aliphatic rings. The zero-order valence-corrected chi connectivity index (χ0v) is 15.3. The molecule has 0 aliphatic heterocycles. The van der Waals surface area contributed by atoms with E-state index < -0.39 is 34.8 Å². The minimum absolute atomic E-state index is 0.0379. The first-order valence-electron chi connectivity index (χ1n) is 8.70. The number of rotatable bonds is 5. The number of nitrogens with zero attached hydrogens (tertiary/aromatic N) is 2. The minimum atomic E-state index is -1.55. The number of halogens is 1. The van der Waals surface area contributed by atoms with Gasteiger partial charge >= 0.3 is 5.97 Å². The molecule has 146 valence electrons. The van der Waals surface area contributed by atoms with E-state index in [2.05, 4.69) is 4.98 Å². The maximum Gasteiger partial charge on any atom is 0.345 e. The number of aliphatic hydroxyl groups excluding tert-OH is 1. The summed E-state index contributed by atoms with van der Waals surface area (Å²) < 4.78 is 14.3. The van der Waals surface area contributed by atoms with Crippen LogP contribution in [0.1, 0.15) is 53.9 Å². The highest BCUT2D eigenvalue weighted by Gasteiger charge is 2.25. The molecular weight excluding hydrogens is 367 g/mol. The summed E-state index contributed by atoms with van der Waals surface area (Å²) in [5, 5.41) is 30.4. The minimum Gasteiger partial charge on any atom is -0.506 e. The molecule has 0 spiro atoms. The van der Waals surface area contributed by atoms with Crippen LogP contribution in [0.5, 0.6) is 5.75 Å². The van der Waals surface area contributed by atoms with Gasteiger partial charge in [0.15, 0.2) is 5.56 Å². The Morgan fingerprint density at radius 3 is 2.46 bits per heavy atom. The van der Waals surface area contributed by atoms with Gasteiger partial charge in [0.2, 0.25) is 0 Å². The number of carbonyl (C=O) groups is 1. The molecule has 0 aliphatic carbocycles. The highest BCUT2D eigenvalue weighted by atomic mass is 19.1. The number of hydrogen-bond donors (Lipinski definition) is 3. The van der Waals surface area contributed by atoms with Crippen molar-refractivity contribution in [1.82, 2.24) is 9.55 Å². The van der Waals surface area contributed by atoms with E-state index in [1.54, 1.807) is 6.92 Å². The molecule has 0 fully saturated rings. The van der Waals surface area contributed by atoms with E-state index >= 15 is 0 Å². The van der Waals surface area contributed by atoms with Crippen LogP contribution in [0, 0.1) is 5.82 Å². The predicted octanol–water partition coefficient (Wildman–Crippen LogP) is 2.99. The Labute approximate surface area is 159 Å². The Bertz CT molecular complexity index is 1110. The van der Waals surface area contributed by atoms with Gasteiger partial charge in [-0.1, -0.05) is 19.1 Å². The van der Waals surface area contributed by atoms with Crippen LogP contribution in [0.3, 0.4) is 0 Å². The average Bonchev–Trinajstić information content (AvgIpc) is 2.67. The van der Waals surface area contributed by atoms with Crippen molar-refractivity contribution < 1.29 is 24.5 Å². The first kappa shape index (κ1) is 19.5. The lowest BCUT2D eigenvalue weighted by Crippen LogP contribution is -2.29. The second-order valence-corrected chi connectivity index (χ2v) is 6.56. The molecule has 0 radical (unpaired) electrons. The second kappa shape index (κ2) is 7.40. The number of aromatic carboxylic acids is 1. The van der Waals surface area contributed by atoms with Crippen LogP contribution < -0.4 is 5.56 Å². The normalized spacial score (nSPS) is 13.4. The zero-order valence-electron chi connectivity index (χ0n) is 15.3. The molecule has 8 heteroatoms. The van der Waals surface area contributed by atoms with Crippen molar-refractivity contribution >= 4 is 17.0 Å². The van der Waals surface area contributed by atoms with E-state index in [0.29, 0.717) is 12.0 Å². The topological polar surface area (TPSA) is 113 Å². The van der Waals surface area contributed by atoms with E-state index in [1.807, 2.05) is 6.92 Å². The lowest BCUT2D eigenvalue weighted by atomic mass is 10.0. The molecule has 2 aromatic heterocycles. The van der Waals surface area contributed by atoms with E-state index in [0.717, 1.165) is 0 Å². The van der Waals surface area contributed by atoms with E-state index in [-0.39, 0.29) is 22.6 Å². The van der Waals surface area contributed by atoms with Crippen molar-refractivity contribution in [1.29, 1.82) is 0 Å². The Morgan fingerprint density at radius 2 is 1.89 bits per heavy atom. The Kier molecular flexibility index (Phi) is 5.15. The van der Waals surface area contributed by atoms with Crippen LogP contribution in [-0.2, 0) is 0 Å². The first-order chi connectivity index (χ1) is 13.3. The molecule has 2 unspecified atom stereocenters. The van der Waals surface area contributed by atoms with Crippen LogP contribution in [0.4, 0.5) is 4.39 Å². The van der Waals surface area contributed by atoms with Gasteiger partial charge in [0.1, 0.15) is 23.3 Å². The molecule has 2 heterocycles. The summed E-state index contributed by atoms with van der Waals surface area (Å²) in [6.45, 7) is 3.58. The summed E-state index contributed by atoms with van der Waals surface area (Å²) in [5.41, 5.74) is -0.804. The molecule has 1 aromatic carbocycles. The molecule has 0 bridgehead atoms. The van der Waals surface area contributed by atoms with E-state index in [4.69, 9.17) is 0 Å². The Balaban J connectivity index is 2.27.